The van der Waals surface area contributed by atoms with E-state index in [-0.39, 0.29) is 0 Å². The highest BCUT2D eigenvalue weighted by Gasteiger charge is 2.31. The van der Waals surface area contributed by atoms with Gasteiger partial charge in [-0.15, -0.1) is 0 Å². The van der Waals surface area contributed by atoms with Gasteiger partial charge in [-0.05, 0) is 13.1 Å². The van der Waals surface area contributed by atoms with Crippen LogP contribution >= 0.6 is 23.5 Å². The lowest BCUT2D eigenvalue weighted by Gasteiger charge is -2.35. The van der Waals surface area contributed by atoms with Gasteiger partial charge < -0.3 is 9.73 Å². The molecule has 1 aliphatic rings. The molecule has 2 nitrogen and oxygen atoms in total. The molecular weight excluding hydrogens is 238 g/mol. The number of nitrogens with one attached hydrogen (secondary N) is 1. The fourth-order valence-corrected chi connectivity index (χ4v) is 5.16. The van der Waals surface area contributed by atoms with Gasteiger partial charge in [0.15, 0.2) is 0 Å². The minimum atomic E-state index is 0.409. The molecule has 0 bridgehead atoms. The third kappa shape index (κ3) is 2.60. The van der Waals surface area contributed by atoms with Crippen molar-refractivity contribution in [3.63, 3.8) is 0 Å². The SMILES string of the molecule is CNC(c1ccoc1)C1CSC(C)C(C)S1. The normalized spacial score (nSPS) is 32.6. The Bertz CT molecular complexity index is 315. The van der Waals surface area contributed by atoms with Crippen molar-refractivity contribution in [1.29, 1.82) is 0 Å². The molecule has 2 heterocycles. The van der Waals surface area contributed by atoms with Crippen molar-refractivity contribution in [1.82, 2.24) is 5.32 Å². The summed E-state index contributed by atoms with van der Waals surface area (Å²) >= 11 is 4.18. The molecule has 0 aliphatic carbocycles. The molecule has 1 saturated heterocycles. The zero-order chi connectivity index (χ0) is 11.5. The monoisotopic (exact) mass is 257 g/mol. The quantitative estimate of drug-likeness (QED) is 0.899. The Kier molecular flexibility index (Phi) is 4.27. The third-order valence-electron chi connectivity index (χ3n) is 3.16. The van der Waals surface area contributed by atoms with Crippen molar-refractivity contribution in [2.75, 3.05) is 12.8 Å². The maximum atomic E-state index is 5.18. The molecule has 2 rings (SSSR count). The van der Waals surface area contributed by atoms with E-state index in [4.69, 9.17) is 4.42 Å². The second-order valence-electron chi connectivity index (χ2n) is 4.24. The molecular formula is C12H19NOS2. The standard InChI is InChI=1S/C12H19NOS2/c1-8-9(2)16-11(7-15-8)12(13-3)10-4-5-14-6-10/h4-6,8-9,11-13H,7H2,1-3H3. The fraction of sp³-hybridized carbons (Fsp3) is 0.667. The van der Waals surface area contributed by atoms with Gasteiger partial charge in [-0.1, -0.05) is 13.8 Å². The Morgan fingerprint density at radius 3 is 2.81 bits per heavy atom. The Morgan fingerprint density at radius 1 is 1.44 bits per heavy atom. The largest absolute Gasteiger partial charge is 0.472 e. The van der Waals surface area contributed by atoms with E-state index in [1.807, 2.05) is 13.3 Å². The van der Waals surface area contributed by atoms with E-state index < -0.39 is 0 Å². The second-order valence-corrected chi connectivity index (χ2v) is 7.27. The van der Waals surface area contributed by atoms with Crippen molar-refractivity contribution < 1.29 is 4.42 Å². The number of hydrogen-bond acceptors (Lipinski definition) is 4. The maximum absolute atomic E-state index is 5.18. The Balaban J connectivity index is 2.05. The first-order chi connectivity index (χ1) is 7.72. The summed E-state index contributed by atoms with van der Waals surface area (Å²) in [5, 5.41) is 5.55. The van der Waals surface area contributed by atoms with Crippen molar-refractivity contribution in [3.05, 3.63) is 24.2 Å². The first kappa shape index (κ1) is 12.4. The minimum absolute atomic E-state index is 0.409. The van der Waals surface area contributed by atoms with E-state index in [1.165, 1.54) is 11.3 Å². The van der Waals surface area contributed by atoms with Crippen LogP contribution in [0.2, 0.25) is 0 Å². The molecule has 0 radical (unpaired) electrons. The van der Waals surface area contributed by atoms with Gasteiger partial charge in [-0.2, -0.15) is 23.5 Å². The molecule has 4 unspecified atom stereocenters. The first-order valence-corrected chi connectivity index (χ1v) is 7.68. The summed E-state index contributed by atoms with van der Waals surface area (Å²) in [7, 11) is 2.03. The highest BCUT2D eigenvalue weighted by atomic mass is 32.2. The van der Waals surface area contributed by atoms with E-state index in [0.717, 1.165) is 10.5 Å². The summed E-state index contributed by atoms with van der Waals surface area (Å²) in [6.45, 7) is 4.65. The van der Waals surface area contributed by atoms with Gasteiger partial charge in [0, 0.05) is 33.1 Å². The van der Waals surface area contributed by atoms with Crippen LogP contribution in [0.5, 0.6) is 0 Å². The van der Waals surface area contributed by atoms with Gasteiger partial charge in [-0.3, -0.25) is 0 Å². The lowest BCUT2D eigenvalue weighted by Crippen LogP contribution is -2.35. The number of thioether (sulfide) groups is 2. The molecule has 1 aliphatic heterocycles. The van der Waals surface area contributed by atoms with Gasteiger partial charge >= 0.3 is 0 Å². The van der Waals surface area contributed by atoms with Crippen LogP contribution in [0, 0.1) is 0 Å². The minimum Gasteiger partial charge on any atom is -0.472 e. The lowest BCUT2D eigenvalue weighted by atomic mass is 10.1. The van der Waals surface area contributed by atoms with Crippen LogP contribution in [0.3, 0.4) is 0 Å². The van der Waals surface area contributed by atoms with Crippen molar-refractivity contribution in [3.8, 4) is 0 Å². The van der Waals surface area contributed by atoms with Crippen LogP contribution in [0.4, 0.5) is 0 Å². The van der Waals surface area contributed by atoms with E-state index >= 15 is 0 Å². The van der Waals surface area contributed by atoms with Crippen LogP contribution in [-0.4, -0.2) is 28.6 Å². The average Bonchev–Trinajstić information content (AvgIpc) is 2.78. The van der Waals surface area contributed by atoms with Crippen LogP contribution in [-0.2, 0) is 0 Å². The van der Waals surface area contributed by atoms with Crippen molar-refractivity contribution >= 4 is 23.5 Å². The lowest BCUT2D eigenvalue weighted by molar-refractivity contribution is 0.541. The van der Waals surface area contributed by atoms with Gasteiger partial charge in [0.05, 0.1) is 12.5 Å². The smallest absolute Gasteiger partial charge is 0.0950 e. The molecule has 0 aromatic carbocycles. The zero-order valence-corrected chi connectivity index (χ0v) is 11.6. The topological polar surface area (TPSA) is 25.2 Å². The summed E-state index contributed by atoms with van der Waals surface area (Å²) in [5.74, 6) is 1.22. The molecule has 1 N–H and O–H groups in total. The van der Waals surface area contributed by atoms with E-state index in [0.29, 0.717) is 11.3 Å². The summed E-state index contributed by atoms with van der Waals surface area (Å²) in [4.78, 5) is 0. The number of hydrogen-bond donors (Lipinski definition) is 1. The summed E-state index contributed by atoms with van der Waals surface area (Å²) in [6, 6.07) is 2.47. The highest BCUT2D eigenvalue weighted by molar-refractivity contribution is 8.07. The average molecular weight is 257 g/mol. The molecule has 1 fully saturated rings. The van der Waals surface area contributed by atoms with Crippen LogP contribution in [0.1, 0.15) is 25.5 Å². The molecule has 16 heavy (non-hydrogen) atoms. The molecule has 1 aromatic rings. The predicted octanol–water partition coefficient (Wildman–Crippen LogP) is 3.17. The van der Waals surface area contributed by atoms with E-state index in [2.05, 4.69) is 48.8 Å². The molecule has 90 valence electrons. The number of rotatable bonds is 3. The van der Waals surface area contributed by atoms with Crippen LogP contribution in [0.15, 0.2) is 23.0 Å². The second kappa shape index (κ2) is 5.52. The fourth-order valence-electron chi connectivity index (χ4n) is 2.00. The predicted molar refractivity (Wildman–Crippen MR) is 73.3 cm³/mol. The molecule has 0 amide bonds. The van der Waals surface area contributed by atoms with Gasteiger partial charge in [0.2, 0.25) is 0 Å². The first-order valence-electron chi connectivity index (χ1n) is 5.68. The molecule has 0 spiro atoms. The van der Waals surface area contributed by atoms with E-state index in [9.17, 15) is 0 Å². The van der Waals surface area contributed by atoms with Gasteiger partial charge in [0.25, 0.3) is 0 Å². The van der Waals surface area contributed by atoms with Crippen molar-refractivity contribution in [2.45, 2.75) is 35.6 Å². The summed E-state index contributed by atoms with van der Waals surface area (Å²) < 4.78 is 5.18. The molecule has 0 saturated carbocycles. The Hall–Kier alpha value is -0.0600. The molecule has 4 atom stereocenters. The highest BCUT2D eigenvalue weighted by Crippen LogP contribution is 2.40. The Labute approximate surface area is 106 Å². The zero-order valence-electron chi connectivity index (χ0n) is 9.97. The van der Waals surface area contributed by atoms with Crippen LogP contribution in [0.25, 0.3) is 0 Å². The Morgan fingerprint density at radius 2 is 2.25 bits per heavy atom. The van der Waals surface area contributed by atoms with Crippen LogP contribution < -0.4 is 5.32 Å². The molecule has 1 aromatic heterocycles. The number of furan rings is 1. The van der Waals surface area contributed by atoms with Gasteiger partial charge in [0.1, 0.15) is 0 Å². The third-order valence-corrected chi connectivity index (χ3v) is 6.65. The summed E-state index contributed by atoms with van der Waals surface area (Å²) in [5.41, 5.74) is 1.27. The van der Waals surface area contributed by atoms with E-state index in [1.54, 1.807) is 6.26 Å². The molecule has 4 heteroatoms. The maximum Gasteiger partial charge on any atom is 0.0950 e. The van der Waals surface area contributed by atoms with Crippen molar-refractivity contribution in [2.24, 2.45) is 0 Å². The van der Waals surface area contributed by atoms with Gasteiger partial charge in [-0.25, -0.2) is 0 Å². The summed E-state index contributed by atoms with van der Waals surface area (Å²) in [6.07, 6.45) is 3.61.